The molecule has 0 saturated heterocycles. The summed E-state index contributed by atoms with van der Waals surface area (Å²) < 4.78 is 5.91. The van der Waals surface area contributed by atoms with Gasteiger partial charge in [-0.15, -0.1) is 0 Å². The molecule has 0 spiro atoms. The summed E-state index contributed by atoms with van der Waals surface area (Å²) in [5, 5.41) is 0. The van der Waals surface area contributed by atoms with E-state index in [2.05, 4.69) is 44.2 Å². The van der Waals surface area contributed by atoms with Crippen molar-refractivity contribution in [2.75, 3.05) is 0 Å². The Balaban J connectivity index is 2.05. The first-order valence-corrected chi connectivity index (χ1v) is 7.08. The van der Waals surface area contributed by atoms with Crippen LogP contribution in [-0.4, -0.2) is 6.04 Å². The van der Waals surface area contributed by atoms with Crippen LogP contribution in [0.5, 0.6) is 5.75 Å². The SMILES string of the molecule is Cc1ccc(C)c(COc2cccc(CC(C)N)c2)c1. The van der Waals surface area contributed by atoms with Crippen LogP contribution < -0.4 is 10.5 Å². The van der Waals surface area contributed by atoms with E-state index in [1.165, 1.54) is 22.3 Å². The Morgan fingerprint density at radius 1 is 1.10 bits per heavy atom. The maximum absolute atomic E-state index is 5.91. The van der Waals surface area contributed by atoms with Crippen molar-refractivity contribution < 1.29 is 4.74 Å². The third-order valence-electron chi connectivity index (χ3n) is 3.36. The highest BCUT2D eigenvalue weighted by molar-refractivity contribution is 5.32. The highest BCUT2D eigenvalue weighted by Crippen LogP contribution is 2.18. The Morgan fingerprint density at radius 3 is 2.65 bits per heavy atom. The van der Waals surface area contributed by atoms with Crippen molar-refractivity contribution in [1.29, 1.82) is 0 Å². The van der Waals surface area contributed by atoms with Crippen LogP contribution in [0, 0.1) is 13.8 Å². The number of rotatable bonds is 5. The predicted octanol–water partition coefficient (Wildman–Crippen LogP) is 3.77. The number of aryl methyl sites for hydroxylation is 2. The molecule has 2 rings (SSSR count). The van der Waals surface area contributed by atoms with E-state index in [4.69, 9.17) is 10.5 Å². The predicted molar refractivity (Wildman–Crippen MR) is 84.0 cm³/mol. The molecule has 0 aliphatic carbocycles. The molecule has 0 fully saturated rings. The minimum absolute atomic E-state index is 0.171. The maximum atomic E-state index is 5.91. The summed E-state index contributed by atoms with van der Waals surface area (Å²) in [6.07, 6.45) is 0.876. The summed E-state index contributed by atoms with van der Waals surface area (Å²) in [6, 6.07) is 14.8. The molecule has 2 N–H and O–H groups in total. The van der Waals surface area contributed by atoms with E-state index in [9.17, 15) is 0 Å². The first-order chi connectivity index (χ1) is 9.54. The quantitative estimate of drug-likeness (QED) is 0.896. The van der Waals surface area contributed by atoms with Gasteiger partial charge in [0.1, 0.15) is 12.4 Å². The monoisotopic (exact) mass is 269 g/mol. The van der Waals surface area contributed by atoms with Crippen molar-refractivity contribution in [2.24, 2.45) is 5.73 Å². The van der Waals surface area contributed by atoms with Crippen LogP contribution in [-0.2, 0) is 13.0 Å². The van der Waals surface area contributed by atoms with Crippen LogP contribution >= 0.6 is 0 Å². The standard InChI is InChI=1S/C18H23NO/c1-13-7-8-14(2)17(9-13)12-20-18-6-4-5-16(11-18)10-15(3)19/h4-9,11,15H,10,12,19H2,1-3H3. The van der Waals surface area contributed by atoms with Crippen LogP contribution in [0.15, 0.2) is 42.5 Å². The Bertz CT molecular complexity index is 575. The van der Waals surface area contributed by atoms with Crippen molar-refractivity contribution >= 4 is 0 Å². The lowest BCUT2D eigenvalue weighted by Crippen LogP contribution is -2.17. The lowest BCUT2D eigenvalue weighted by Gasteiger charge is -2.11. The molecule has 1 atom stereocenters. The third-order valence-corrected chi connectivity index (χ3v) is 3.36. The van der Waals surface area contributed by atoms with E-state index in [0.717, 1.165) is 12.2 Å². The third kappa shape index (κ3) is 4.10. The molecule has 2 heteroatoms. The van der Waals surface area contributed by atoms with Crippen molar-refractivity contribution in [3.63, 3.8) is 0 Å². The van der Waals surface area contributed by atoms with Gasteiger partial charge < -0.3 is 10.5 Å². The number of nitrogens with two attached hydrogens (primary N) is 1. The molecule has 0 aromatic heterocycles. The Labute approximate surface area is 121 Å². The molecule has 0 radical (unpaired) electrons. The molecule has 0 heterocycles. The fourth-order valence-corrected chi connectivity index (χ4v) is 2.25. The van der Waals surface area contributed by atoms with E-state index in [0.29, 0.717) is 6.61 Å². The van der Waals surface area contributed by atoms with Crippen molar-refractivity contribution in [1.82, 2.24) is 0 Å². The number of hydrogen-bond acceptors (Lipinski definition) is 2. The largest absolute Gasteiger partial charge is 0.489 e. The minimum Gasteiger partial charge on any atom is -0.489 e. The second kappa shape index (κ2) is 6.58. The fraction of sp³-hybridized carbons (Fsp3) is 0.333. The number of benzene rings is 2. The molecule has 0 saturated carbocycles. The normalized spacial score (nSPS) is 12.2. The van der Waals surface area contributed by atoms with E-state index >= 15 is 0 Å². The van der Waals surface area contributed by atoms with Gasteiger partial charge in [-0.05, 0) is 56.0 Å². The van der Waals surface area contributed by atoms with Gasteiger partial charge in [0, 0.05) is 6.04 Å². The second-order valence-electron chi connectivity index (χ2n) is 5.55. The van der Waals surface area contributed by atoms with Crippen molar-refractivity contribution in [3.8, 4) is 5.75 Å². The van der Waals surface area contributed by atoms with Crippen LogP contribution in [0.1, 0.15) is 29.2 Å². The van der Waals surface area contributed by atoms with Crippen molar-refractivity contribution in [2.45, 2.75) is 39.8 Å². The molecule has 0 amide bonds. The highest BCUT2D eigenvalue weighted by atomic mass is 16.5. The number of hydrogen-bond donors (Lipinski definition) is 1. The van der Waals surface area contributed by atoms with Crippen LogP contribution in [0.2, 0.25) is 0 Å². The Kier molecular flexibility index (Phi) is 4.80. The van der Waals surface area contributed by atoms with Gasteiger partial charge in [-0.3, -0.25) is 0 Å². The lowest BCUT2D eigenvalue weighted by atomic mass is 10.1. The van der Waals surface area contributed by atoms with E-state index in [1.54, 1.807) is 0 Å². The van der Waals surface area contributed by atoms with Gasteiger partial charge in [0.2, 0.25) is 0 Å². The minimum atomic E-state index is 0.171. The van der Waals surface area contributed by atoms with Gasteiger partial charge in [-0.25, -0.2) is 0 Å². The average Bonchev–Trinajstić information content (AvgIpc) is 2.39. The first-order valence-electron chi connectivity index (χ1n) is 7.08. The summed E-state index contributed by atoms with van der Waals surface area (Å²) >= 11 is 0. The lowest BCUT2D eigenvalue weighted by molar-refractivity contribution is 0.305. The summed E-state index contributed by atoms with van der Waals surface area (Å²) in [7, 11) is 0. The molecular weight excluding hydrogens is 246 g/mol. The fourth-order valence-electron chi connectivity index (χ4n) is 2.25. The summed E-state index contributed by atoms with van der Waals surface area (Å²) in [5.74, 6) is 0.907. The second-order valence-corrected chi connectivity index (χ2v) is 5.55. The molecular formula is C18H23NO. The van der Waals surface area contributed by atoms with Crippen LogP contribution in [0.4, 0.5) is 0 Å². The van der Waals surface area contributed by atoms with Crippen LogP contribution in [0.3, 0.4) is 0 Å². The van der Waals surface area contributed by atoms with Gasteiger partial charge in [0.25, 0.3) is 0 Å². The van der Waals surface area contributed by atoms with E-state index in [-0.39, 0.29) is 6.04 Å². The zero-order valence-corrected chi connectivity index (χ0v) is 12.5. The molecule has 2 nitrogen and oxygen atoms in total. The Morgan fingerprint density at radius 2 is 1.90 bits per heavy atom. The zero-order chi connectivity index (χ0) is 14.5. The molecule has 1 unspecified atom stereocenters. The molecule has 2 aromatic rings. The van der Waals surface area contributed by atoms with E-state index in [1.807, 2.05) is 19.1 Å². The molecule has 0 aliphatic heterocycles. The van der Waals surface area contributed by atoms with Gasteiger partial charge in [0.05, 0.1) is 0 Å². The first kappa shape index (κ1) is 14.6. The zero-order valence-electron chi connectivity index (χ0n) is 12.5. The van der Waals surface area contributed by atoms with Gasteiger partial charge in [-0.1, -0.05) is 35.9 Å². The van der Waals surface area contributed by atoms with Gasteiger partial charge in [-0.2, -0.15) is 0 Å². The summed E-state index contributed by atoms with van der Waals surface area (Å²) in [5.41, 5.74) is 10.8. The molecule has 2 aromatic carbocycles. The maximum Gasteiger partial charge on any atom is 0.120 e. The molecule has 20 heavy (non-hydrogen) atoms. The smallest absolute Gasteiger partial charge is 0.120 e. The summed E-state index contributed by atoms with van der Waals surface area (Å²) in [4.78, 5) is 0. The van der Waals surface area contributed by atoms with E-state index < -0.39 is 0 Å². The van der Waals surface area contributed by atoms with Crippen molar-refractivity contribution in [3.05, 3.63) is 64.7 Å². The van der Waals surface area contributed by atoms with Crippen LogP contribution in [0.25, 0.3) is 0 Å². The number of ether oxygens (including phenoxy) is 1. The molecule has 106 valence electrons. The molecule has 0 bridgehead atoms. The highest BCUT2D eigenvalue weighted by Gasteiger charge is 2.03. The summed E-state index contributed by atoms with van der Waals surface area (Å²) in [6.45, 7) is 6.84. The topological polar surface area (TPSA) is 35.2 Å². The Hall–Kier alpha value is -1.80. The van der Waals surface area contributed by atoms with Gasteiger partial charge >= 0.3 is 0 Å². The average molecular weight is 269 g/mol. The molecule has 0 aliphatic rings. The van der Waals surface area contributed by atoms with Gasteiger partial charge in [0.15, 0.2) is 0 Å².